The molecular weight excluding hydrogens is 184 g/mol. The van der Waals surface area contributed by atoms with Gasteiger partial charge in [-0.25, -0.2) is 0 Å². The molecule has 0 aromatic carbocycles. The van der Waals surface area contributed by atoms with E-state index in [4.69, 9.17) is 19.7 Å². The Kier molecular flexibility index (Phi) is 7.09. The van der Waals surface area contributed by atoms with E-state index in [-0.39, 0.29) is 0 Å². The first-order valence-electron chi connectivity index (χ1n) is 4.99. The SMILES string of the molecule is CC(C)(O)O.COCCC1CCCO1. The van der Waals surface area contributed by atoms with E-state index in [2.05, 4.69) is 0 Å². The first-order chi connectivity index (χ1) is 6.43. The van der Waals surface area contributed by atoms with Gasteiger partial charge in [0.25, 0.3) is 0 Å². The molecule has 0 aromatic rings. The van der Waals surface area contributed by atoms with Gasteiger partial charge in [0.05, 0.1) is 6.10 Å². The molecule has 1 aliphatic heterocycles. The summed E-state index contributed by atoms with van der Waals surface area (Å²) in [6.07, 6.45) is 4.01. The normalized spacial score (nSPS) is 21.6. The third-order valence-corrected chi connectivity index (χ3v) is 1.67. The molecule has 0 saturated carbocycles. The third kappa shape index (κ3) is 11.8. The van der Waals surface area contributed by atoms with Gasteiger partial charge in [-0.1, -0.05) is 0 Å². The van der Waals surface area contributed by atoms with Crippen LogP contribution in [0.3, 0.4) is 0 Å². The van der Waals surface area contributed by atoms with Crippen molar-refractivity contribution >= 4 is 0 Å². The summed E-state index contributed by atoms with van der Waals surface area (Å²) in [4.78, 5) is 0. The maximum atomic E-state index is 8.08. The molecule has 1 rings (SSSR count). The highest BCUT2D eigenvalue weighted by Crippen LogP contribution is 2.14. The summed E-state index contributed by atoms with van der Waals surface area (Å²) < 4.78 is 10.3. The largest absolute Gasteiger partial charge is 0.385 e. The van der Waals surface area contributed by atoms with Crippen molar-refractivity contribution in [2.75, 3.05) is 20.3 Å². The first kappa shape index (κ1) is 13.8. The summed E-state index contributed by atoms with van der Waals surface area (Å²) in [6.45, 7) is 4.39. The molecule has 0 spiro atoms. The smallest absolute Gasteiger partial charge is 0.156 e. The maximum absolute atomic E-state index is 8.08. The predicted molar refractivity (Wildman–Crippen MR) is 54.0 cm³/mol. The molecule has 14 heavy (non-hydrogen) atoms. The van der Waals surface area contributed by atoms with Crippen molar-refractivity contribution in [3.63, 3.8) is 0 Å². The Hall–Kier alpha value is -0.160. The van der Waals surface area contributed by atoms with Crippen molar-refractivity contribution < 1.29 is 19.7 Å². The molecule has 1 unspecified atom stereocenters. The van der Waals surface area contributed by atoms with Gasteiger partial charge in [-0.3, -0.25) is 0 Å². The lowest BCUT2D eigenvalue weighted by Crippen LogP contribution is -2.15. The second-order valence-corrected chi connectivity index (χ2v) is 3.91. The standard InChI is InChI=1S/C7H14O2.C3H8O2/c1-8-6-4-7-3-2-5-9-7;1-3(2,4)5/h7H,2-6H2,1H3;4-5H,1-2H3. The van der Waals surface area contributed by atoms with Gasteiger partial charge in [0, 0.05) is 20.3 Å². The van der Waals surface area contributed by atoms with Crippen LogP contribution in [0.4, 0.5) is 0 Å². The molecule has 1 fully saturated rings. The van der Waals surface area contributed by atoms with Gasteiger partial charge in [0.2, 0.25) is 0 Å². The average Bonchev–Trinajstić information content (AvgIpc) is 2.49. The van der Waals surface area contributed by atoms with Crippen LogP contribution in [-0.2, 0) is 9.47 Å². The number of ether oxygens (including phenoxy) is 2. The van der Waals surface area contributed by atoms with Crippen LogP contribution in [0.15, 0.2) is 0 Å². The second kappa shape index (κ2) is 7.17. The zero-order chi connectivity index (χ0) is 11.0. The molecule has 0 aromatic heterocycles. The van der Waals surface area contributed by atoms with Crippen molar-refractivity contribution in [1.82, 2.24) is 0 Å². The lowest BCUT2D eigenvalue weighted by atomic mass is 10.2. The van der Waals surface area contributed by atoms with Crippen molar-refractivity contribution in [2.45, 2.75) is 45.0 Å². The predicted octanol–water partition coefficient (Wildman–Crippen LogP) is 0.909. The number of hydrogen-bond donors (Lipinski definition) is 2. The van der Waals surface area contributed by atoms with Crippen LogP contribution >= 0.6 is 0 Å². The fourth-order valence-electron chi connectivity index (χ4n) is 1.12. The van der Waals surface area contributed by atoms with Gasteiger partial charge in [0.15, 0.2) is 5.79 Å². The molecule has 4 nitrogen and oxygen atoms in total. The maximum Gasteiger partial charge on any atom is 0.156 e. The van der Waals surface area contributed by atoms with Crippen molar-refractivity contribution in [3.8, 4) is 0 Å². The number of aliphatic hydroxyl groups is 2. The highest BCUT2D eigenvalue weighted by molar-refractivity contribution is 4.63. The molecule has 1 heterocycles. The molecule has 1 aliphatic rings. The van der Waals surface area contributed by atoms with E-state index >= 15 is 0 Å². The minimum Gasteiger partial charge on any atom is -0.385 e. The molecule has 0 amide bonds. The topological polar surface area (TPSA) is 58.9 Å². The summed E-state index contributed by atoms with van der Waals surface area (Å²) in [7, 11) is 1.73. The van der Waals surface area contributed by atoms with Crippen molar-refractivity contribution in [3.05, 3.63) is 0 Å². The van der Waals surface area contributed by atoms with Crippen LogP contribution in [0.1, 0.15) is 33.1 Å². The minimum absolute atomic E-state index is 0.491. The van der Waals surface area contributed by atoms with E-state index in [0.717, 1.165) is 19.6 Å². The minimum atomic E-state index is -1.50. The highest BCUT2D eigenvalue weighted by atomic mass is 16.5. The zero-order valence-electron chi connectivity index (χ0n) is 9.32. The van der Waals surface area contributed by atoms with Gasteiger partial charge < -0.3 is 19.7 Å². The number of rotatable bonds is 3. The number of methoxy groups -OCH3 is 1. The van der Waals surface area contributed by atoms with E-state index in [1.807, 2.05) is 0 Å². The zero-order valence-corrected chi connectivity index (χ0v) is 9.32. The van der Waals surface area contributed by atoms with Gasteiger partial charge in [-0.05, 0) is 33.1 Å². The average molecular weight is 206 g/mol. The lowest BCUT2D eigenvalue weighted by Gasteiger charge is -2.06. The van der Waals surface area contributed by atoms with Crippen LogP contribution in [0, 0.1) is 0 Å². The lowest BCUT2D eigenvalue weighted by molar-refractivity contribution is -0.127. The fourth-order valence-corrected chi connectivity index (χ4v) is 1.12. The van der Waals surface area contributed by atoms with Crippen LogP contribution in [-0.4, -0.2) is 42.4 Å². The molecule has 0 aliphatic carbocycles. The monoisotopic (exact) mass is 206 g/mol. The first-order valence-corrected chi connectivity index (χ1v) is 4.99. The molecule has 2 N–H and O–H groups in total. The molecule has 86 valence electrons. The summed E-state index contributed by atoms with van der Waals surface area (Å²) in [6, 6.07) is 0. The second-order valence-electron chi connectivity index (χ2n) is 3.91. The van der Waals surface area contributed by atoms with Crippen LogP contribution in [0.25, 0.3) is 0 Å². The Morgan fingerprint density at radius 1 is 1.43 bits per heavy atom. The Bertz CT molecular complexity index is 119. The third-order valence-electron chi connectivity index (χ3n) is 1.67. The summed E-state index contributed by atoms with van der Waals surface area (Å²) >= 11 is 0. The summed E-state index contributed by atoms with van der Waals surface area (Å²) in [5.41, 5.74) is 0. The Balaban J connectivity index is 0.000000292. The molecule has 0 radical (unpaired) electrons. The fraction of sp³-hybridized carbons (Fsp3) is 1.00. The van der Waals surface area contributed by atoms with Crippen LogP contribution < -0.4 is 0 Å². The molecule has 1 atom stereocenters. The Morgan fingerprint density at radius 3 is 2.36 bits per heavy atom. The number of hydrogen-bond acceptors (Lipinski definition) is 4. The van der Waals surface area contributed by atoms with E-state index in [0.29, 0.717) is 6.10 Å². The van der Waals surface area contributed by atoms with E-state index in [1.165, 1.54) is 26.7 Å². The molecule has 1 saturated heterocycles. The Labute approximate surface area is 85.8 Å². The van der Waals surface area contributed by atoms with E-state index in [1.54, 1.807) is 7.11 Å². The summed E-state index contributed by atoms with van der Waals surface area (Å²) in [5.74, 6) is -1.50. The van der Waals surface area contributed by atoms with Gasteiger partial charge in [0.1, 0.15) is 0 Å². The van der Waals surface area contributed by atoms with Crippen molar-refractivity contribution in [2.24, 2.45) is 0 Å². The quantitative estimate of drug-likeness (QED) is 0.674. The van der Waals surface area contributed by atoms with Gasteiger partial charge in [-0.15, -0.1) is 0 Å². The molecule has 0 bridgehead atoms. The van der Waals surface area contributed by atoms with E-state index in [9.17, 15) is 0 Å². The molecular formula is C10H22O4. The highest BCUT2D eigenvalue weighted by Gasteiger charge is 2.13. The Morgan fingerprint density at radius 2 is 2.00 bits per heavy atom. The van der Waals surface area contributed by atoms with Crippen molar-refractivity contribution in [1.29, 1.82) is 0 Å². The van der Waals surface area contributed by atoms with Gasteiger partial charge >= 0.3 is 0 Å². The van der Waals surface area contributed by atoms with Gasteiger partial charge in [-0.2, -0.15) is 0 Å². The summed E-state index contributed by atoms with van der Waals surface area (Å²) in [5, 5.41) is 16.2. The molecule has 4 heteroatoms. The van der Waals surface area contributed by atoms with Crippen LogP contribution in [0.5, 0.6) is 0 Å². The van der Waals surface area contributed by atoms with Crippen LogP contribution in [0.2, 0.25) is 0 Å². The van der Waals surface area contributed by atoms with E-state index < -0.39 is 5.79 Å².